The summed E-state index contributed by atoms with van der Waals surface area (Å²) >= 11 is 0. The van der Waals surface area contributed by atoms with Crippen molar-refractivity contribution >= 4 is 16.7 Å². The van der Waals surface area contributed by atoms with Crippen LogP contribution in [0.5, 0.6) is 0 Å². The number of pyridine rings is 1. The first-order valence-corrected chi connectivity index (χ1v) is 20.4. The summed E-state index contributed by atoms with van der Waals surface area (Å²) < 4.78 is 8.46. The van der Waals surface area contributed by atoms with Gasteiger partial charge in [0.2, 0.25) is 5.82 Å². The Kier molecular flexibility index (Phi) is 7.09. The minimum Gasteiger partial charge on any atom is -0.434 e. The Morgan fingerprint density at radius 2 is 0.967 bits per heavy atom. The van der Waals surface area contributed by atoms with Crippen molar-refractivity contribution in [3.05, 3.63) is 217 Å². The van der Waals surface area contributed by atoms with Gasteiger partial charge in [0.05, 0.1) is 16.8 Å². The number of rotatable bonds is 5. The van der Waals surface area contributed by atoms with Gasteiger partial charge in [0.25, 0.3) is 5.89 Å². The molecule has 0 unspecified atom stereocenters. The lowest BCUT2D eigenvalue weighted by Crippen LogP contribution is -2.25. The number of aromatic nitrogens is 6. The van der Waals surface area contributed by atoms with Crippen LogP contribution in [0.4, 0.5) is 0 Å². The minimum absolute atomic E-state index is 0.331. The van der Waals surface area contributed by atoms with Crippen LogP contribution in [0.2, 0.25) is 0 Å². The predicted molar refractivity (Wildman–Crippen MR) is 240 cm³/mol. The first-order chi connectivity index (χ1) is 30.2. The standard InChI is InChI=1S/C54H32N6O/c1-2-15-33(16-3-1)49-48(56-47-27-12-13-30-60(47)49)34-17-14-18-35(31-34)50-57-51(59-52(58-50)53-55-45-25-10-11-26-46(45)61-53)36-28-29-40-39-21-6-9-24-43(39)54(44(40)32-36)41-22-7-4-19-37(41)38-20-5-8-23-42(38)54/h1-32H. The molecule has 4 aromatic heterocycles. The molecule has 0 N–H and O–H groups in total. The van der Waals surface area contributed by atoms with Gasteiger partial charge in [-0.3, -0.25) is 4.40 Å². The molecule has 2 aliphatic rings. The molecule has 7 heteroatoms. The van der Waals surface area contributed by atoms with Gasteiger partial charge in [-0.2, -0.15) is 0 Å². The number of hydrogen-bond donors (Lipinski definition) is 0. The zero-order chi connectivity index (χ0) is 40.1. The molecule has 11 aromatic rings. The second-order valence-electron chi connectivity index (χ2n) is 15.6. The Labute approximate surface area is 350 Å². The lowest BCUT2D eigenvalue weighted by Gasteiger charge is -2.30. The van der Waals surface area contributed by atoms with E-state index in [-0.39, 0.29) is 0 Å². The third-order valence-corrected chi connectivity index (χ3v) is 12.3. The minimum atomic E-state index is -0.507. The monoisotopic (exact) mass is 780 g/mol. The average molecular weight is 781 g/mol. The van der Waals surface area contributed by atoms with Crippen molar-refractivity contribution in [2.24, 2.45) is 0 Å². The lowest BCUT2D eigenvalue weighted by atomic mass is 9.70. The topological polar surface area (TPSA) is 82.0 Å². The zero-order valence-corrected chi connectivity index (χ0v) is 32.6. The molecule has 0 fully saturated rings. The van der Waals surface area contributed by atoms with Gasteiger partial charge in [-0.1, -0.05) is 152 Å². The molecule has 2 aliphatic carbocycles. The molecular weight excluding hydrogens is 749 g/mol. The van der Waals surface area contributed by atoms with Crippen LogP contribution >= 0.6 is 0 Å². The van der Waals surface area contributed by atoms with Crippen LogP contribution in [0.25, 0.3) is 96.0 Å². The highest BCUT2D eigenvalue weighted by atomic mass is 16.3. The number of hydrogen-bond acceptors (Lipinski definition) is 6. The molecule has 1 spiro atoms. The summed E-state index contributed by atoms with van der Waals surface area (Å²) in [5, 5.41) is 0. The Morgan fingerprint density at radius 1 is 0.393 bits per heavy atom. The molecule has 7 aromatic carbocycles. The number of imidazole rings is 1. The van der Waals surface area contributed by atoms with Gasteiger partial charge in [-0.15, -0.1) is 0 Å². The molecule has 0 radical (unpaired) electrons. The van der Waals surface area contributed by atoms with E-state index < -0.39 is 5.41 Å². The Bertz CT molecular complexity index is 3470. The molecule has 7 nitrogen and oxygen atoms in total. The van der Waals surface area contributed by atoms with Crippen molar-refractivity contribution < 1.29 is 4.42 Å². The van der Waals surface area contributed by atoms with E-state index >= 15 is 0 Å². The summed E-state index contributed by atoms with van der Waals surface area (Å²) in [6.07, 6.45) is 2.06. The third-order valence-electron chi connectivity index (χ3n) is 12.3. The van der Waals surface area contributed by atoms with Crippen molar-refractivity contribution in [3.63, 3.8) is 0 Å². The van der Waals surface area contributed by atoms with Crippen LogP contribution in [0.15, 0.2) is 199 Å². The highest BCUT2D eigenvalue weighted by Crippen LogP contribution is 2.63. The molecule has 0 aliphatic heterocycles. The van der Waals surface area contributed by atoms with Gasteiger partial charge in [0.1, 0.15) is 11.2 Å². The molecule has 284 valence electrons. The molecule has 0 amide bonds. The number of benzene rings is 7. The third kappa shape index (κ3) is 4.89. The normalized spacial score (nSPS) is 13.0. The smallest absolute Gasteiger partial charge is 0.266 e. The van der Waals surface area contributed by atoms with Crippen LogP contribution in [-0.2, 0) is 5.41 Å². The first kappa shape index (κ1) is 33.7. The van der Waals surface area contributed by atoms with E-state index in [1.54, 1.807) is 0 Å². The van der Waals surface area contributed by atoms with Crippen molar-refractivity contribution in [1.29, 1.82) is 0 Å². The maximum Gasteiger partial charge on any atom is 0.266 e. The van der Waals surface area contributed by atoms with Crippen LogP contribution < -0.4 is 0 Å². The Morgan fingerprint density at radius 3 is 1.69 bits per heavy atom. The molecular formula is C54H32N6O. The number of nitrogens with zero attached hydrogens (tertiary/aromatic N) is 6. The SMILES string of the molecule is c1ccc(-c2c(-c3cccc(-c4nc(-c5ccc6c(c5)C5(c7ccccc7-c7ccccc75)c5ccccc5-6)nc(-c5nc6ccccc6o5)n4)c3)nc3ccccn23)cc1. The van der Waals surface area contributed by atoms with E-state index in [4.69, 9.17) is 29.3 Å². The molecule has 4 heterocycles. The first-order valence-electron chi connectivity index (χ1n) is 20.4. The molecule has 0 bridgehead atoms. The van der Waals surface area contributed by atoms with Gasteiger partial charge in [-0.05, 0) is 80.9 Å². The zero-order valence-electron chi connectivity index (χ0n) is 32.6. The largest absolute Gasteiger partial charge is 0.434 e. The second-order valence-corrected chi connectivity index (χ2v) is 15.6. The molecule has 0 saturated carbocycles. The van der Waals surface area contributed by atoms with Crippen LogP contribution in [0.3, 0.4) is 0 Å². The summed E-state index contributed by atoms with van der Waals surface area (Å²) in [6.45, 7) is 0. The van der Waals surface area contributed by atoms with Crippen molar-refractivity contribution in [3.8, 4) is 79.3 Å². The van der Waals surface area contributed by atoms with E-state index in [0.29, 0.717) is 28.9 Å². The fourth-order valence-corrected chi connectivity index (χ4v) is 9.81. The summed E-state index contributed by atoms with van der Waals surface area (Å²) in [5.74, 6) is 1.72. The van der Waals surface area contributed by atoms with Crippen molar-refractivity contribution in [1.82, 2.24) is 29.3 Å². The number of fused-ring (bicyclic) bond motifs is 12. The molecule has 0 saturated heterocycles. The fourth-order valence-electron chi connectivity index (χ4n) is 9.81. The number of oxazole rings is 1. The van der Waals surface area contributed by atoms with Crippen LogP contribution in [-0.4, -0.2) is 29.3 Å². The van der Waals surface area contributed by atoms with Gasteiger partial charge < -0.3 is 4.42 Å². The highest BCUT2D eigenvalue weighted by molar-refractivity contribution is 5.96. The average Bonchev–Trinajstić information content (AvgIpc) is 4.09. The lowest BCUT2D eigenvalue weighted by molar-refractivity contribution is 0.612. The molecule has 0 atom stereocenters. The van der Waals surface area contributed by atoms with E-state index in [0.717, 1.165) is 44.8 Å². The maximum atomic E-state index is 6.32. The van der Waals surface area contributed by atoms with Crippen molar-refractivity contribution in [2.75, 3.05) is 0 Å². The van der Waals surface area contributed by atoms with Gasteiger partial charge in [0.15, 0.2) is 17.2 Å². The summed E-state index contributed by atoms with van der Waals surface area (Å²) in [6, 6.07) is 65.7. The van der Waals surface area contributed by atoms with Crippen LogP contribution in [0.1, 0.15) is 22.3 Å². The highest BCUT2D eigenvalue weighted by Gasteiger charge is 2.51. The number of para-hydroxylation sites is 2. The Hall–Kier alpha value is -8.29. The van der Waals surface area contributed by atoms with E-state index in [1.165, 1.54) is 44.5 Å². The van der Waals surface area contributed by atoms with Gasteiger partial charge in [0, 0.05) is 28.5 Å². The summed E-state index contributed by atoms with van der Waals surface area (Å²) in [7, 11) is 0. The Balaban J connectivity index is 1.02. The second kappa shape index (κ2) is 12.9. The molecule has 61 heavy (non-hydrogen) atoms. The van der Waals surface area contributed by atoms with Crippen molar-refractivity contribution in [2.45, 2.75) is 5.41 Å². The quantitative estimate of drug-likeness (QED) is 0.173. The van der Waals surface area contributed by atoms with E-state index in [9.17, 15) is 0 Å². The van der Waals surface area contributed by atoms with Crippen LogP contribution in [0, 0.1) is 0 Å². The van der Waals surface area contributed by atoms with Gasteiger partial charge >= 0.3 is 0 Å². The van der Waals surface area contributed by atoms with E-state index in [2.05, 4.69) is 138 Å². The molecule has 13 rings (SSSR count). The van der Waals surface area contributed by atoms with Gasteiger partial charge in [-0.25, -0.2) is 24.9 Å². The fraction of sp³-hybridized carbons (Fsp3) is 0.0185. The maximum absolute atomic E-state index is 6.32. The summed E-state index contributed by atoms with van der Waals surface area (Å²) in [5.41, 5.74) is 17.3. The van der Waals surface area contributed by atoms with E-state index in [1.807, 2.05) is 60.7 Å². The predicted octanol–water partition coefficient (Wildman–Crippen LogP) is 12.3. The summed E-state index contributed by atoms with van der Waals surface area (Å²) in [4.78, 5) is 25.5.